The molecule has 5 nitrogen and oxygen atoms in total. The molecule has 0 aliphatic heterocycles. The van der Waals surface area contributed by atoms with E-state index in [2.05, 4.69) is 10.6 Å². The molecule has 2 amide bonds. The van der Waals surface area contributed by atoms with Crippen molar-refractivity contribution >= 4 is 11.8 Å². The Hall–Kier alpha value is -1.10. The Bertz CT molecular complexity index is 440. The third kappa shape index (κ3) is 3.70. The van der Waals surface area contributed by atoms with Crippen LogP contribution in [0.25, 0.3) is 0 Å². The monoisotopic (exact) mass is 321 g/mol. The highest BCUT2D eigenvalue weighted by molar-refractivity contribution is 5.87. The number of rotatable bonds is 6. The Morgan fingerprint density at radius 1 is 1.04 bits per heavy atom. The zero-order valence-corrected chi connectivity index (χ0v) is 14.4. The van der Waals surface area contributed by atoms with Crippen LogP contribution in [0.15, 0.2) is 0 Å². The number of carbonyl (C=O) groups is 2. The average Bonchev–Trinajstić information content (AvgIpc) is 2.48. The van der Waals surface area contributed by atoms with Gasteiger partial charge in [0.15, 0.2) is 0 Å². The summed E-state index contributed by atoms with van der Waals surface area (Å²) in [5.41, 5.74) is 6.11. The molecule has 23 heavy (non-hydrogen) atoms. The van der Waals surface area contributed by atoms with Gasteiger partial charge in [0, 0.05) is 6.54 Å². The smallest absolute Gasteiger partial charge is 0.239 e. The van der Waals surface area contributed by atoms with E-state index < -0.39 is 6.04 Å². The molecule has 0 aromatic carbocycles. The fourth-order valence-electron chi connectivity index (χ4n) is 5.44. The molecule has 4 rings (SSSR count). The van der Waals surface area contributed by atoms with Crippen LogP contribution in [0.3, 0.4) is 0 Å². The van der Waals surface area contributed by atoms with E-state index in [1.165, 1.54) is 38.5 Å². The van der Waals surface area contributed by atoms with E-state index in [1.807, 2.05) is 13.8 Å². The molecule has 4 saturated carbocycles. The standard InChI is InChI=1S/C18H31N3O2/c1-11(2)16(19)17(23)20-9-15(22)21-10-18-6-12-3-13(7-18)5-14(4-12)8-18/h11-14,16H,3-10,19H2,1-2H3,(H,20,23)(H,21,22)/t12?,13?,14?,16-,18?/m0/s1. The van der Waals surface area contributed by atoms with Crippen LogP contribution in [-0.2, 0) is 9.59 Å². The van der Waals surface area contributed by atoms with Crippen LogP contribution in [-0.4, -0.2) is 30.9 Å². The summed E-state index contributed by atoms with van der Waals surface area (Å²) in [7, 11) is 0. The highest BCUT2D eigenvalue weighted by atomic mass is 16.2. The normalized spacial score (nSPS) is 36.1. The molecule has 5 heteroatoms. The summed E-state index contributed by atoms with van der Waals surface area (Å²) in [6.45, 7) is 4.61. The maximum absolute atomic E-state index is 12.1. The van der Waals surface area contributed by atoms with E-state index in [1.54, 1.807) is 0 Å². The molecule has 4 fully saturated rings. The lowest BCUT2D eigenvalue weighted by atomic mass is 9.49. The van der Waals surface area contributed by atoms with Crippen molar-refractivity contribution in [2.75, 3.05) is 13.1 Å². The van der Waals surface area contributed by atoms with Crippen molar-refractivity contribution in [3.05, 3.63) is 0 Å². The highest BCUT2D eigenvalue weighted by Gasteiger charge is 2.50. The van der Waals surface area contributed by atoms with Crippen LogP contribution in [0, 0.1) is 29.1 Å². The van der Waals surface area contributed by atoms with Gasteiger partial charge in [0.2, 0.25) is 11.8 Å². The molecule has 0 unspecified atom stereocenters. The van der Waals surface area contributed by atoms with Crippen molar-refractivity contribution in [1.82, 2.24) is 10.6 Å². The maximum atomic E-state index is 12.1. The maximum Gasteiger partial charge on any atom is 0.239 e. The molecule has 4 aliphatic carbocycles. The summed E-state index contributed by atoms with van der Waals surface area (Å²) in [5.74, 6) is 2.41. The zero-order chi connectivity index (χ0) is 16.6. The predicted molar refractivity (Wildman–Crippen MR) is 89.4 cm³/mol. The number of carbonyl (C=O) groups excluding carboxylic acids is 2. The van der Waals surface area contributed by atoms with Crippen molar-refractivity contribution in [2.45, 2.75) is 58.4 Å². The second kappa shape index (κ2) is 6.42. The molecule has 0 radical (unpaired) electrons. The molecule has 130 valence electrons. The Balaban J connectivity index is 1.44. The van der Waals surface area contributed by atoms with Gasteiger partial charge >= 0.3 is 0 Å². The first-order valence-corrected chi connectivity index (χ1v) is 9.17. The first kappa shape index (κ1) is 16.7. The van der Waals surface area contributed by atoms with E-state index in [9.17, 15) is 9.59 Å². The van der Waals surface area contributed by atoms with Crippen LogP contribution in [0.5, 0.6) is 0 Å². The number of nitrogens with two attached hydrogens (primary N) is 1. The molecular weight excluding hydrogens is 290 g/mol. The molecule has 4 N–H and O–H groups in total. The molecule has 1 atom stereocenters. The lowest BCUT2D eigenvalue weighted by molar-refractivity contribution is -0.128. The van der Waals surface area contributed by atoms with Gasteiger partial charge in [0.25, 0.3) is 0 Å². The summed E-state index contributed by atoms with van der Waals surface area (Å²) < 4.78 is 0. The summed E-state index contributed by atoms with van der Waals surface area (Å²) in [4.78, 5) is 23.9. The van der Waals surface area contributed by atoms with E-state index in [4.69, 9.17) is 5.73 Å². The average molecular weight is 321 g/mol. The largest absolute Gasteiger partial charge is 0.354 e. The van der Waals surface area contributed by atoms with Crippen molar-refractivity contribution in [2.24, 2.45) is 34.8 Å². The number of nitrogens with one attached hydrogen (secondary N) is 2. The summed E-state index contributed by atoms with van der Waals surface area (Å²) in [6.07, 6.45) is 8.08. The van der Waals surface area contributed by atoms with Crippen molar-refractivity contribution in [3.8, 4) is 0 Å². The quantitative estimate of drug-likeness (QED) is 0.692. The van der Waals surface area contributed by atoms with Gasteiger partial charge < -0.3 is 16.4 Å². The molecule has 0 aromatic rings. The van der Waals surface area contributed by atoms with Crippen LogP contribution in [0.4, 0.5) is 0 Å². The van der Waals surface area contributed by atoms with E-state index in [0.717, 1.165) is 24.3 Å². The van der Waals surface area contributed by atoms with Crippen LogP contribution in [0.1, 0.15) is 52.4 Å². The Labute approximate surface area is 139 Å². The van der Waals surface area contributed by atoms with E-state index in [0.29, 0.717) is 5.41 Å². The Morgan fingerprint density at radius 2 is 1.57 bits per heavy atom. The minimum Gasteiger partial charge on any atom is -0.354 e. The van der Waals surface area contributed by atoms with Crippen LogP contribution < -0.4 is 16.4 Å². The van der Waals surface area contributed by atoms with Crippen molar-refractivity contribution in [1.29, 1.82) is 0 Å². The Morgan fingerprint density at radius 3 is 2.04 bits per heavy atom. The second-order valence-electron chi connectivity index (χ2n) is 8.68. The minimum atomic E-state index is -0.550. The predicted octanol–water partition coefficient (Wildman–Crippen LogP) is 1.42. The van der Waals surface area contributed by atoms with Gasteiger partial charge in [-0.25, -0.2) is 0 Å². The van der Waals surface area contributed by atoms with Gasteiger partial charge in [-0.2, -0.15) is 0 Å². The fraction of sp³-hybridized carbons (Fsp3) is 0.889. The Kier molecular flexibility index (Phi) is 4.68. The third-order valence-electron chi connectivity index (χ3n) is 6.27. The fourth-order valence-corrected chi connectivity index (χ4v) is 5.44. The first-order chi connectivity index (χ1) is 10.9. The van der Waals surface area contributed by atoms with Crippen molar-refractivity contribution < 1.29 is 9.59 Å². The van der Waals surface area contributed by atoms with Gasteiger partial charge in [0.1, 0.15) is 0 Å². The molecular formula is C18H31N3O2. The molecule has 4 bridgehead atoms. The van der Waals surface area contributed by atoms with Gasteiger partial charge in [-0.05, 0) is 67.6 Å². The number of hydrogen-bond donors (Lipinski definition) is 3. The van der Waals surface area contributed by atoms with Crippen molar-refractivity contribution in [3.63, 3.8) is 0 Å². The molecule has 0 heterocycles. The van der Waals surface area contributed by atoms with Crippen LogP contribution in [0.2, 0.25) is 0 Å². The summed E-state index contributed by atoms with van der Waals surface area (Å²) in [6, 6.07) is -0.550. The second-order valence-corrected chi connectivity index (χ2v) is 8.68. The van der Waals surface area contributed by atoms with E-state index in [-0.39, 0.29) is 24.3 Å². The first-order valence-electron chi connectivity index (χ1n) is 9.17. The third-order valence-corrected chi connectivity index (χ3v) is 6.27. The summed E-state index contributed by atoms with van der Waals surface area (Å²) >= 11 is 0. The molecule has 0 aromatic heterocycles. The van der Waals surface area contributed by atoms with Gasteiger partial charge in [-0.3, -0.25) is 9.59 Å². The lowest BCUT2D eigenvalue weighted by Crippen LogP contribution is -2.52. The SMILES string of the molecule is CC(C)[C@H](N)C(=O)NCC(=O)NCC12CC3CC(CC(C3)C1)C2. The lowest BCUT2D eigenvalue weighted by Gasteiger charge is -2.56. The zero-order valence-electron chi connectivity index (χ0n) is 14.4. The summed E-state index contributed by atoms with van der Waals surface area (Å²) in [5, 5.41) is 5.71. The molecule has 4 aliphatic rings. The topological polar surface area (TPSA) is 84.2 Å². The van der Waals surface area contributed by atoms with Gasteiger partial charge in [-0.15, -0.1) is 0 Å². The van der Waals surface area contributed by atoms with E-state index >= 15 is 0 Å². The minimum absolute atomic E-state index is 0.0334. The number of amides is 2. The highest BCUT2D eigenvalue weighted by Crippen LogP contribution is 2.59. The molecule has 0 spiro atoms. The van der Waals surface area contributed by atoms with Gasteiger partial charge in [-0.1, -0.05) is 13.8 Å². The van der Waals surface area contributed by atoms with Crippen LogP contribution >= 0.6 is 0 Å². The molecule has 0 saturated heterocycles. The number of hydrogen-bond acceptors (Lipinski definition) is 3. The van der Waals surface area contributed by atoms with Gasteiger partial charge in [0.05, 0.1) is 12.6 Å².